The molecule has 1 atom stereocenters. The lowest BCUT2D eigenvalue weighted by Gasteiger charge is -2.40. The van der Waals surface area contributed by atoms with E-state index in [1.54, 1.807) is 0 Å². The van der Waals surface area contributed by atoms with Crippen LogP contribution in [0.25, 0.3) is 0 Å². The molecular formula is C8H19NS. The molecular weight excluding hydrogens is 142 g/mol. The average Bonchev–Trinajstić information content (AvgIpc) is 2.11. The highest BCUT2D eigenvalue weighted by Crippen LogP contribution is 2.44. The lowest BCUT2D eigenvalue weighted by atomic mass is 10.3. The zero-order valence-electron chi connectivity index (χ0n) is 7.55. The second kappa shape index (κ2) is 2.74. The standard InChI is InChI=1S/C8H19NS/c1-8-6-5-7-9(8)10(2,3)4/h8H,5-7H2,1-4H3. The maximum Gasteiger partial charge on any atom is 0.0159 e. The van der Waals surface area contributed by atoms with E-state index >= 15 is 0 Å². The van der Waals surface area contributed by atoms with Crippen LogP contribution in [0.1, 0.15) is 19.8 Å². The van der Waals surface area contributed by atoms with Crippen LogP contribution in [0, 0.1) is 0 Å². The van der Waals surface area contributed by atoms with E-state index in [0.717, 1.165) is 6.04 Å². The Morgan fingerprint density at radius 3 is 2.10 bits per heavy atom. The van der Waals surface area contributed by atoms with Gasteiger partial charge in [0.1, 0.15) is 0 Å². The maximum atomic E-state index is 2.67. The van der Waals surface area contributed by atoms with Crippen LogP contribution in [-0.4, -0.2) is 35.7 Å². The van der Waals surface area contributed by atoms with Crippen molar-refractivity contribution in [1.29, 1.82) is 0 Å². The van der Waals surface area contributed by atoms with Gasteiger partial charge in [-0.1, -0.05) is 0 Å². The van der Waals surface area contributed by atoms with Crippen LogP contribution in [0.4, 0.5) is 0 Å². The molecule has 0 aromatic heterocycles. The van der Waals surface area contributed by atoms with Crippen molar-refractivity contribution in [1.82, 2.24) is 4.31 Å². The highest BCUT2D eigenvalue weighted by atomic mass is 32.3. The summed E-state index contributed by atoms with van der Waals surface area (Å²) in [6.07, 6.45) is 9.97. The number of nitrogens with zero attached hydrogens (tertiary/aromatic N) is 1. The van der Waals surface area contributed by atoms with Crippen LogP contribution in [-0.2, 0) is 0 Å². The van der Waals surface area contributed by atoms with E-state index in [0.29, 0.717) is 0 Å². The molecule has 0 saturated carbocycles. The van der Waals surface area contributed by atoms with Gasteiger partial charge in [-0.2, -0.15) is 10.2 Å². The van der Waals surface area contributed by atoms with Gasteiger partial charge in [0.05, 0.1) is 0 Å². The number of hydrogen-bond acceptors (Lipinski definition) is 1. The van der Waals surface area contributed by atoms with Crippen LogP contribution in [0.3, 0.4) is 0 Å². The predicted molar refractivity (Wildman–Crippen MR) is 50.8 cm³/mol. The van der Waals surface area contributed by atoms with Gasteiger partial charge in [-0.3, -0.25) is 4.31 Å². The van der Waals surface area contributed by atoms with Gasteiger partial charge in [0, 0.05) is 12.6 Å². The van der Waals surface area contributed by atoms with Gasteiger partial charge in [0.15, 0.2) is 0 Å². The predicted octanol–water partition coefficient (Wildman–Crippen LogP) is 2.08. The third kappa shape index (κ3) is 1.67. The summed E-state index contributed by atoms with van der Waals surface area (Å²) in [6.45, 7) is 3.69. The highest BCUT2D eigenvalue weighted by molar-refractivity contribution is 8.30. The zero-order chi connectivity index (χ0) is 7.78. The summed E-state index contributed by atoms with van der Waals surface area (Å²) in [5, 5.41) is 0. The van der Waals surface area contributed by atoms with E-state index in [9.17, 15) is 0 Å². The average molecular weight is 161 g/mol. The summed E-state index contributed by atoms with van der Waals surface area (Å²) in [5.41, 5.74) is 0. The first-order valence-corrected chi connectivity index (χ1v) is 6.78. The molecule has 0 N–H and O–H groups in total. The molecule has 0 spiro atoms. The van der Waals surface area contributed by atoms with Gasteiger partial charge < -0.3 is 0 Å². The second-order valence-corrected chi connectivity index (χ2v) is 7.92. The van der Waals surface area contributed by atoms with Crippen molar-refractivity contribution in [2.24, 2.45) is 0 Å². The minimum Gasteiger partial charge on any atom is -0.265 e. The van der Waals surface area contributed by atoms with Crippen molar-refractivity contribution >= 4 is 10.2 Å². The molecule has 62 valence electrons. The fraction of sp³-hybridized carbons (Fsp3) is 1.00. The minimum atomic E-state index is -0.418. The fourth-order valence-electron chi connectivity index (χ4n) is 1.72. The first kappa shape index (κ1) is 8.41. The third-order valence-corrected chi connectivity index (χ3v) is 4.15. The smallest absolute Gasteiger partial charge is 0.0159 e. The number of hydrogen-bond donors (Lipinski definition) is 0. The molecule has 1 heterocycles. The third-order valence-electron chi connectivity index (χ3n) is 2.20. The quantitative estimate of drug-likeness (QED) is 0.569. The highest BCUT2D eigenvalue weighted by Gasteiger charge is 2.26. The molecule has 0 amide bonds. The Hall–Kier alpha value is 0.310. The Morgan fingerprint density at radius 1 is 1.30 bits per heavy atom. The number of rotatable bonds is 1. The van der Waals surface area contributed by atoms with E-state index in [2.05, 4.69) is 30.0 Å². The normalized spacial score (nSPS) is 31.0. The van der Waals surface area contributed by atoms with E-state index in [4.69, 9.17) is 0 Å². The van der Waals surface area contributed by atoms with E-state index in [-0.39, 0.29) is 0 Å². The Bertz CT molecular complexity index is 117. The first-order valence-electron chi connectivity index (χ1n) is 3.97. The fourth-order valence-corrected chi connectivity index (χ4v) is 3.58. The molecule has 0 aromatic carbocycles. The van der Waals surface area contributed by atoms with Crippen molar-refractivity contribution < 1.29 is 0 Å². The van der Waals surface area contributed by atoms with Gasteiger partial charge >= 0.3 is 0 Å². The maximum absolute atomic E-state index is 2.67. The summed E-state index contributed by atoms with van der Waals surface area (Å²) in [6, 6.07) is 0.843. The molecule has 2 heteroatoms. The lowest BCUT2D eigenvalue weighted by Crippen LogP contribution is -2.28. The van der Waals surface area contributed by atoms with E-state index < -0.39 is 10.2 Å². The summed E-state index contributed by atoms with van der Waals surface area (Å²) in [7, 11) is -0.418. The first-order chi connectivity index (χ1) is 4.52. The second-order valence-electron chi connectivity index (χ2n) is 3.90. The van der Waals surface area contributed by atoms with Crippen LogP contribution < -0.4 is 0 Å². The van der Waals surface area contributed by atoms with Crippen LogP contribution >= 0.6 is 10.2 Å². The van der Waals surface area contributed by atoms with Crippen molar-refractivity contribution in [2.75, 3.05) is 25.3 Å². The largest absolute Gasteiger partial charge is 0.265 e. The SMILES string of the molecule is CC1CCCN1S(C)(C)C. The van der Waals surface area contributed by atoms with Gasteiger partial charge in [-0.05, 0) is 38.5 Å². The van der Waals surface area contributed by atoms with Gasteiger partial charge in [-0.25, -0.2) is 0 Å². The molecule has 1 saturated heterocycles. The molecule has 1 fully saturated rings. The Labute approximate surface area is 66.2 Å². The summed E-state index contributed by atoms with van der Waals surface area (Å²) < 4.78 is 2.67. The van der Waals surface area contributed by atoms with E-state index in [1.807, 2.05) is 0 Å². The molecule has 1 unspecified atom stereocenters. The van der Waals surface area contributed by atoms with Gasteiger partial charge in [0.25, 0.3) is 0 Å². The molecule has 1 nitrogen and oxygen atoms in total. The minimum absolute atomic E-state index is 0.418. The molecule has 0 radical (unpaired) electrons. The molecule has 0 aliphatic carbocycles. The lowest BCUT2D eigenvalue weighted by molar-refractivity contribution is 0.458. The van der Waals surface area contributed by atoms with Crippen molar-refractivity contribution in [2.45, 2.75) is 25.8 Å². The van der Waals surface area contributed by atoms with Crippen molar-refractivity contribution in [3.05, 3.63) is 0 Å². The molecule has 10 heavy (non-hydrogen) atoms. The zero-order valence-corrected chi connectivity index (χ0v) is 8.37. The van der Waals surface area contributed by atoms with Crippen LogP contribution in [0.5, 0.6) is 0 Å². The van der Waals surface area contributed by atoms with Gasteiger partial charge in [-0.15, -0.1) is 0 Å². The Morgan fingerprint density at radius 2 is 1.90 bits per heavy atom. The van der Waals surface area contributed by atoms with Crippen LogP contribution in [0.15, 0.2) is 0 Å². The monoisotopic (exact) mass is 161 g/mol. The molecule has 1 rings (SSSR count). The summed E-state index contributed by atoms with van der Waals surface area (Å²) >= 11 is 0. The van der Waals surface area contributed by atoms with E-state index in [1.165, 1.54) is 19.4 Å². The van der Waals surface area contributed by atoms with Crippen LogP contribution in [0.2, 0.25) is 0 Å². The summed E-state index contributed by atoms with van der Waals surface area (Å²) in [4.78, 5) is 0. The Balaban J connectivity index is 2.55. The molecule has 1 aliphatic heterocycles. The van der Waals surface area contributed by atoms with Crippen molar-refractivity contribution in [3.63, 3.8) is 0 Å². The molecule has 0 aromatic rings. The van der Waals surface area contributed by atoms with Crippen molar-refractivity contribution in [3.8, 4) is 0 Å². The Kier molecular flexibility index (Phi) is 2.31. The summed E-state index contributed by atoms with van der Waals surface area (Å²) in [5.74, 6) is 0. The molecule has 0 bridgehead atoms. The molecule has 1 aliphatic rings. The van der Waals surface area contributed by atoms with Gasteiger partial charge in [0.2, 0.25) is 0 Å². The topological polar surface area (TPSA) is 3.24 Å².